The second-order valence-corrected chi connectivity index (χ2v) is 10.1. The van der Waals surface area contributed by atoms with Crippen LogP contribution in [0.1, 0.15) is 28.8 Å². The van der Waals surface area contributed by atoms with E-state index in [-0.39, 0.29) is 12.2 Å². The number of pyridine rings is 2. The van der Waals surface area contributed by atoms with E-state index in [9.17, 15) is 18.0 Å². The summed E-state index contributed by atoms with van der Waals surface area (Å²) in [5.41, 5.74) is 4.91. The van der Waals surface area contributed by atoms with Gasteiger partial charge in [0.15, 0.2) is 0 Å². The largest absolute Gasteiger partial charge is 0.487 e. The molecule has 0 saturated carbocycles. The number of aromatic nitrogens is 2. The zero-order valence-electron chi connectivity index (χ0n) is 20.8. The summed E-state index contributed by atoms with van der Waals surface area (Å²) in [5, 5.41) is 0.552. The average molecular weight is 545 g/mol. The summed E-state index contributed by atoms with van der Waals surface area (Å²) >= 11 is 5.86. The number of allylic oxidation sites excluding steroid dienone is 1. The summed E-state index contributed by atoms with van der Waals surface area (Å²) in [7, 11) is 0. The van der Waals surface area contributed by atoms with Crippen LogP contribution in [-0.4, -0.2) is 58.3 Å². The molecule has 0 amide bonds. The molecule has 3 aromatic rings. The van der Waals surface area contributed by atoms with Crippen LogP contribution in [0.25, 0.3) is 11.8 Å². The Morgan fingerprint density at radius 2 is 1.76 bits per heavy atom. The lowest BCUT2D eigenvalue weighted by molar-refractivity contribution is -0.149. The summed E-state index contributed by atoms with van der Waals surface area (Å²) in [5.74, 6) is 0.476. The van der Waals surface area contributed by atoms with Gasteiger partial charge in [-0.25, -0.2) is 0 Å². The highest BCUT2D eigenvalue weighted by Gasteiger charge is 2.32. The lowest BCUT2D eigenvalue weighted by Crippen LogP contribution is -2.48. The summed E-state index contributed by atoms with van der Waals surface area (Å²) in [6.45, 7) is 2.21. The molecule has 38 heavy (non-hydrogen) atoms. The smallest absolute Gasteiger partial charge is 0.401 e. The third-order valence-corrected chi connectivity index (χ3v) is 7.05. The van der Waals surface area contributed by atoms with Gasteiger partial charge in [-0.3, -0.25) is 24.1 Å². The standard InChI is InChI=1S/C28H28ClF3N4O2/c29-23-4-5-24(33-16-23)18-38-26-7-8-36(27(37)15-26)25-6-3-21-13-20(1-2-22(21)14-25)17-34-9-11-35(12-10-34)19-28(30,31)32/h1-2,4-5,7-8,13-16H,3,6,9-12,17-19H2. The van der Waals surface area contributed by atoms with Gasteiger partial charge < -0.3 is 4.74 Å². The lowest BCUT2D eigenvalue weighted by atomic mass is 9.93. The predicted molar refractivity (Wildman–Crippen MR) is 141 cm³/mol. The molecule has 6 nitrogen and oxygen atoms in total. The van der Waals surface area contributed by atoms with Gasteiger partial charge in [-0.05, 0) is 53.8 Å². The molecular formula is C28H28ClF3N4O2. The molecule has 1 aliphatic carbocycles. The number of hydrogen-bond acceptors (Lipinski definition) is 5. The van der Waals surface area contributed by atoms with Gasteiger partial charge in [-0.15, -0.1) is 0 Å². The van der Waals surface area contributed by atoms with Crippen LogP contribution in [0.15, 0.2) is 59.7 Å². The zero-order valence-corrected chi connectivity index (χ0v) is 21.5. The van der Waals surface area contributed by atoms with Crippen LogP contribution in [0.2, 0.25) is 5.02 Å². The minimum Gasteiger partial charge on any atom is -0.487 e. The topological polar surface area (TPSA) is 50.6 Å². The molecule has 0 spiro atoms. The SMILES string of the molecule is O=c1cc(OCc2ccc(Cl)cn2)ccn1C1=Cc2ccc(CN3CCN(CC(F)(F)F)CC3)cc2CC1. The lowest BCUT2D eigenvalue weighted by Gasteiger charge is -2.35. The van der Waals surface area contributed by atoms with Crippen molar-refractivity contribution in [1.29, 1.82) is 0 Å². The number of piperazine rings is 1. The van der Waals surface area contributed by atoms with E-state index in [0.29, 0.717) is 42.6 Å². The fourth-order valence-corrected chi connectivity index (χ4v) is 4.99. The van der Waals surface area contributed by atoms with E-state index >= 15 is 0 Å². The van der Waals surface area contributed by atoms with Crippen molar-refractivity contribution in [2.75, 3.05) is 32.7 Å². The second kappa shape index (κ2) is 11.3. The first kappa shape index (κ1) is 26.5. The van der Waals surface area contributed by atoms with Gasteiger partial charge in [0.05, 0.1) is 17.3 Å². The van der Waals surface area contributed by atoms with Crippen LogP contribution in [0, 0.1) is 0 Å². The molecule has 2 aromatic heterocycles. The van der Waals surface area contributed by atoms with Crippen LogP contribution < -0.4 is 10.3 Å². The molecule has 0 N–H and O–H groups in total. The third kappa shape index (κ3) is 6.83. The maximum absolute atomic E-state index is 12.8. The second-order valence-electron chi connectivity index (χ2n) is 9.66. The number of rotatable bonds is 7. The fourth-order valence-electron chi connectivity index (χ4n) is 4.87. The fraction of sp³-hybridized carbons (Fsp3) is 0.357. The van der Waals surface area contributed by atoms with Gasteiger partial charge >= 0.3 is 6.18 Å². The predicted octanol–water partition coefficient (Wildman–Crippen LogP) is 5.10. The molecule has 1 saturated heterocycles. The number of fused-ring (bicyclic) bond motifs is 1. The van der Waals surface area contributed by atoms with Crippen molar-refractivity contribution in [3.8, 4) is 5.75 Å². The monoisotopic (exact) mass is 544 g/mol. The van der Waals surface area contributed by atoms with E-state index in [1.54, 1.807) is 35.2 Å². The Morgan fingerprint density at radius 3 is 2.47 bits per heavy atom. The molecule has 200 valence electrons. The summed E-state index contributed by atoms with van der Waals surface area (Å²) < 4.78 is 45.3. The highest BCUT2D eigenvalue weighted by molar-refractivity contribution is 6.30. The maximum atomic E-state index is 12.8. The first-order chi connectivity index (χ1) is 18.2. The van der Waals surface area contributed by atoms with Gasteiger partial charge in [-0.2, -0.15) is 13.2 Å². The zero-order chi connectivity index (χ0) is 26.7. The molecule has 3 heterocycles. The Morgan fingerprint density at radius 1 is 0.974 bits per heavy atom. The van der Waals surface area contributed by atoms with Gasteiger partial charge in [0.25, 0.3) is 5.56 Å². The molecule has 5 rings (SSSR count). The number of halogens is 4. The van der Waals surface area contributed by atoms with E-state index in [2.05, 4.69) is 28.1 Å². The van der Waals surface area contributed by atoms with Crippen LogP contribution in [0.3, 0.4) is 0 Å². The van der Waals surface area contributed by atoms with Crippen LogP contribution in [-0.2, 0) is 19.6 Å². The minimum absolute atomic E-state index is 0.164. The first-order valence-corrected chi connectivity index (χ1v) is 12.9. The number of aryl methyl sites for hydroxylation is 1. The van der Waals surface area contributed by atoms with Crippen molar-refractivity contribution in [2.45, 2.75) is 32.2 Å². The van der Waals surface area contributed by atoms with Crippen molar-refractivity contribution in [3.05, 3.63) is 92.6 Å². The Kier molecular flexibility index (Phi) is 7.88. The molecule has 0 unspecified atom stereocenters. The molecule has 1 aromatic carbocycles. The van der Waals surface area contributed by atoms with E-state index in [4.69, 9.17) is 16.3 Å². The Balaban J connectivity index is 1.20. The van der Waals surface area contributed by atoms with Gasteiger partial charge in [-0.1, -0.05) is 29.8 Å². The molecule has 0 radical (unpaired) electrons. The third-order valence-electron chi connectivity index (χ3n) is 6.83. The Bertz CT molecular complexity index is 1360. The van der Waals surface area contributed by atoms with Crippen molar-refractivity contribution in [2.24, 2.45) is 0 Å². The Labute approximate surface area is 223 Å². The van der Waals surface area contributed by atoms with Crippen LogP contribution in [0.5, 0.6) is 5.75 Å². The normalized spacial score (nSPS) is 16.7. The van der Waals surface area contributed by atoms with Gasteiger partial charge in [0.2, 0.25) is 0 Å². The molecule has 1 aliphatic heterocycles. The van der Waals surface area contributed by atoms with E-state index in [1.807, 2.05) is 6.08 Å². The highest BCUT2D eigenvalue weighted by Crippen LogP contribution is 2.28. The van der Waals surface area contributed by atoms with Crippen molar-refractivity contribution >= 4 is 23.4 Å². The average Bonchev–Trinajstić information content (AvgIpc) is 2.88. The summed E-state index contributed by atoms with van der Waals surface area (Å²) in [4.78, 5) is 20.7. The van der Waals surface area contributed by atoms with Crippen LogP contribution >= 0.6 is 11.6 Å². The summed E-state index contributed by atoms with van der Waals surface area (Å²) in [6.07, 6.45) is 2.71. The summed E-state index contributed by atoms with van der Waals surface area (Å²) in [6, 6.07) is 13.1. The number of alkyl halides is 3. The number of ether oxygens (including phenoxy) is 1. The quantitative estimate of drug-likeness (QED) is 0.414. The number of hydrogen-bond donors (Lipinski definition) is 0. The van der Waals surface area contributed by atoms with Crippen molar-refractivity contribution in [1.82, 2.24) is 19.4 Å². The maximum Gasteiger partial charge on any atom is 0.401 e. The van der Waals surface area contributed by atoms with Crippen LogP contribution in [0.4, 0.5) is 13.2 Å². The first-order valence-electron chi connectivity index (χ1n) is 12.5. The molecule has 0 bridgehead atoms. The molecular weight excluding hydrogens is 517 g/mol. The van der Waals surface area contributed by atoms with E-state index < -0.39 is 12.7 Å². The number of benzene rings is 1. The number of nitrogens with zero attached hydrogens (tertiary/aromatic N) is 4. The van der Waals surface area contributed by atoms with Crippen molar-refractivity contribution < 1.29 is 17.9 Å². The van der Waals surface area contributed by atoms with Gasteiger partial charge in [0.1, 0.15) is 12.4 Å². The van der Waals surface area contributed by atoms with E-state index in [0.717, 1.165) is 36.2 Å². The van der Waals surface area contributed by atoms with Crippen molar-refractivity contribution in [3.63, 3.8) is 0 Å². The molecule has 1 fully saturated rings. The molecule has 10 heteroatoms. The van der Waals surface area contributed by atoms with Gasteiger partial charge in [0, 0.05) is 56.9 Å². The Hall–Kier alpha value is -3.14. The van der Waals surface area contributed by atoms with E-state index in [1.165, 1.54) is 16.5 Å². The molecule has 2 aliphatic rings. The molecule has 0 atom stereocenters. The minimum atomic E-state index is -4.15. The highest BCUT2D eigenvalue weighted by atomic mass is 35.5.